The SMILES string of the molecule is O=C(Cc1cccc(C(F)(F)F)c1)c1ccccc1NC(=O)c1cccc2ccccc12. The van der Waals surface area contributed by atoms with Crippen LogP contribution in [0.3, 0.4) is 0 Å². The zero-order valence-electron chi connectivity index (χ0n) is 16.8. The molecule has 1 amide bonds. The van der Waals surface area contributed by atoms with Crippen LogP contribution in [0, 0.1) is 0 Å². The summed E-state index contributed by atoms with van der Waals surface area (Å²) < 4.78 is 38.9. The molecule has 0 aliphatic rings. The van der Waals surface area contributed by atoms with Gasteiger partial charge >= 0.3 is 6.18 Å². The van der Waals surface area contributed by atoms with Gasteiger partial charge in [0.2, 0.25) is 0 Å². The minimum atomic E-state index is -4.48. The number of ketones is 1. The predicted octanol–water partition coefficient (Wildman–Crippen LogP) is 6.54. The molecule has 0 bridgehead atoms. The number of nitrogens with one attached hydrogen (secondary N) is 1. The monoisotopic (exact) mass is 433 g/mol. The molecule has 0 radical (unpaired) electrons. The molecule has 0 heterocycles. The maximum Gasteiger partial charge on any atom is 0.416 e. The standard InChI is InChI=1S/C26H18F3NO2/c27-26(28,29)19-10-5-7-17(15-19)16-24(31)22-12-3-4-14-23(22)30-25(32)21-13-6-9-18-8-1-2-11-20(18)21/h1-15H,16H2,(H,30,32). The second-order valence-electron chi connectivity index (χ2n) is 7.32. The fourth-order valence-electron chi connectivity index (χ4n) is 3.59. The van der Waals surface area contributed by atoms with E-state index < -0.39 is 17.5 Å². The van der Waals surface area contributed by atoms with Gasteiger partial charge in [0.25, 0.3) is 5.91 Å². The molecule has 0 atom stereocenters. The first kappa shape index (κ1) is 21.3. The highest BCUT2D eigenvalue weighted by atomic mass is 19.4. The summed E-state index contributed by atoms with van der Waals surface area (Å²) in [5, 5.41) is 4.47. The Morgan fingerprint density at radius 1 is 0.750 bits per heavy atom. The molecule has 0 fully saturated rings. The van der Waals surface area contributed by atoms with Crippen LogP contribution in [0.15, 0.2) is 91.0 Å². The van der Waals surface area contributed by atoms with Gasteiger partial charge in [0.05, 0.1) is 11.3 Å². The molecule has 0 unspecified atom stereocenters. The molecule has 6 heteroatoms. The summed E-state index contributed by atoms with van der Waals surface area (Å²) >= 11 is 0. The normalized spacial score (nSPS) is 11.3. The first-order valence-corrected chi connectivity index (χ1v) is 9.90. The molecule has 0 saturated carbocycles. The van der Waals surface area contributed by atoms with Gasteiger partial charge in [0.15, 0.2) is 5.78 Å². The lowest BCUT2D eigenvalue weighted by Gasteiger charge is -2.12. The number of benzene rings is 4. The molecule has 4 rings (SSSR count). The van der Waals surface area contributed by atoms with Crippen molar-refractivity contribution in [2.45, 2.75) is 12.6 Å². The topological polar surface area (TPSA) is 46.2 Å². The molecular weight excluding hydrogens is 415 g/mol. The molecule has 0 aromatic heterocycles. The van der Waals surface area contributed by atoms with Crippen LogP contribution in [0.4, 0.5) is 18.9 Å². The minimum Gasteiger partial charge on any atom is -0.321 e. The van der Waals surface area contributed by atoms with Crippen LogP contribution in [-0.2, 0) is 12.6 Å². The highest BCUT2D eigenvalue weighted by molar-refractivity contribution is 6.15. The number of Topliss-reactive ketones (excluding diaryl/α,β-unsaturated/α-hetero) is 1. The van der Waals surface area contributed by atoms with Crippen molar-refractivity contribution in [2.75, 3.05) is 5.32 Å². The number of halogens is 3. The number of hydrogen-bond acceptors (Lipinski definition) is 2. The van der Waals surface area contributed by atoms with Gasteiger partial charge in [-0.25, -0.2) is 0 Å². The zero-order valence-corrected chi connectivity index (χ0v) is 16.8. The average molecular weight is 433 g/mol. The van der Waals surface area contributed by atoms with E-state index in [-0.39, 0.29) is 23.5 Å². The van der Waals surface area contributed by atoms with Crippen molar-refractivity contribution in [3.63, 3.8) is 0 Å². The number of hydrogen-bond donors (Lipinski definition) is 1. The fourth-order valence-corrected chi connectivity index (χ4v) is 3.59. The molecule has 0 aliphatic heterocycles. The van der Waals surface area contributed by atoms with Gasteiger partial charge in [-0.15, -0.1) is 0 Å². The van der Waals surface area contributed by atoms with E-state index >= 15 is 0 Å². The van der Waals surface area contributed by atoms with E-state index in [1.165, 1.54) is 12.1 Å². The molecule has 4 aromatic rings. The summed E-state index contributed by atoms with van der Waals surface area (Å²) in [7, 11) is 0. The molecule has 0 aliphatic carbocycles. The van der Waals surface area contributed by atoms with E-state index in [4.69, 9.17) is 0 Å². The Labute approximate surface area is 182 Å². The number of anilines is 1. The third-order valence-electron chi connectivity index (χ3n) is 5.13. The van der Waals surface area contributed by atoms with Crippen LogP contribution in [0.2, 0.25) is 0 Å². The first-order chi connectivity index (χ1) is 15.3. The van der Waals surface area contributed by atoms with Gasteiger partial charge < -0.3 is 5.32 Å². The molecule has 3 nitrogen and oxygen atoms in total. The third-order valence-corrected chi connectivity index (χ3v) is 5.13. The second-order valence-corrected chi connectivity index (χ2v) is 7.32. The van der Waals surface area contributed by atoms with E-state index in [0.29, 0.717) is 11.3 Å². The quantitative estimate of drug-likeness (QED) is 0.364. The number of alkyl halides is 3. The van der Waals surface area contributed by atoms with Crippen LogP contribution in [-0.4, -0.2) is 11.7 Å². The summed E-state index contributed by atoms with van der Waals surface area (Å²) in [4.78, 5) is 25.9. The average Bonchev–Trinajstić information content (AvgIpc) is 2.78. The Kier molecular flexibility index (Phi) is 5.77. The number of fused-ring (bicyclic) bond motifs is 1. The fraction of sp³-hybridized carbons (Fsp3) is 0.0769. The van der Waals surface area contributed by atoms with Crippen molar-refractivity contribution in [1.29, 1.82) is 0 Å². The van der Waals surface area contributed by atoms with Crippen LogP contribution >= 0.6 is 0 Å². The molecule has 4 aromatic carbocycles. The summed E-state index contributed by atoms with van der Waals surface area (Å²) in [6.45, 7) is 0. The van der Waals surface area contributed by atoms with Crippen molar-refractivity contribution < 1.29 is 22.8 Å². The summed E-state index contributed by atoms with van der Waals surface area (Å²) in [5.41, 5.74) is 0.449. The molecule has 0 saturated heterocycles. The predicted molar refractivity (Wildman–Crippen MR) is 118 cm³/mol. The highest BCUT2D eigenvalue weighted by Crippen LogP contribution is 2.30. The zero-order chi connectivity index (χ0) is 22.7. The molecular formula is C26H18F3NO2. The summed E-state index contributed by atoms with van der Waals surface area (Å²) in [5.74, 6) is -0.765. The summed E-state index contributed by atoms with van der Waals surface area (Å²) in [6, 6.07) is 24.0. The van der Waals surface area contributed by atoms with Gasteiger partial charge in [-0.2, -0.15) is 13.2 Å². The van der Waals surface area contributed by atoms with Crippen LogP contribution < -0.4 is 5.32 Å². The van der Waals surface area contributed by atoms with Gasteiger partial charge in [-0.3, -0.25) is 9.59 Å². The lowest BCUT2D eigenvalue weighted by molar-refractivity contribution is -0.137. The Hall–Kier alpha value is -3.93. The van der Waals surface area contributed by atoms with Gasteiger partial charge in [0, 0.05) is 17.5 Å². The molecule has 160 valence electrons. The van der Waals surface area contributed by atoms with E-state index in [2.05, 4.69) is 5.32 Å². The number of para-hydroxylation sites is 1. The Morgan fingerprint density at radius 3 is 2.22 bits per heavy atom. The van der Waals surface area contributed by atoms with Gasteiger partial charge in [-0.1, -0.05) is 66.7 Å². The van der Waals surface area contributed by atoms with Gasteiger partial charge in [0.1, 0.15) is 0 Å². The first-order valence-electron chi connectivity index (χ1n) is 9.90. The smallest absolute Gasteiger partial charge is 0.321 e. The molecule has 0 spiro atoms. The van der Waals surface area contributed by atoms with Crippen molar-refractivity contribution in [3.8, 4) is 0 Å². The van der Waals surface area contributed by atoms with Crippen LogP contribution in [0.5, 0.6) is 0 Å². The number of carbonyl (C=O) groups excluding carboxylic acids is 2. The van der Waals surface area contributed by atoms with E-state index in [9.17, 15) is 22.8 Å². The summed E-state index contributed by atoms with van der Waals surface area (Å²) in [6.07, 6.45) is -4.70. The maximum absolute atomic E-state index is 13.0. The van der Waals surface area contributed by atoms with Crippen molar-refractivity contribution in [3.05, 3.63) is 113 Å². The van der Waals surface area contributed by atoms with E-state index in [0.717, 1.165) is 22.9 Å². The van der Waals surface area contributed by atoms with E-state index in [1.54, 1.807) is 36.4 Å². The Morgan fingerprint density at radius 2 is 1.41 bits per heavy atom. The lowest BCUT2D eigenvalue weighted by Crippen LogP contribution is -2.16. The second kappa shape index (κ2) is 8.67. The van der Waals surface area contributed by atoms with E-state index in [1.807, 2.05) is 30.3 Å². The molecule has 1 N–H and O–H groups in total. The van der Waals surface area contributed by atoms with Crippen LogP contribution in [0.1, 0.15) is 31.8 Å². The van der Waals surface area contributed by atoms with Crippen molar-refractivity contribution >= 4 is 28.2 Å². The van der Waals surface area contributed by atoms with Gasteiger partial charge in [-0.05, 0) is 40.6 Å². The molecule has 32 heavy (non-hydrogen) atoms. The van der Waals surface area contributed by atoms with Crippen LogP contribution in [0.25, 0.3) is 10.8 Å². The largest absolute Gasteiger partial charge is 0.416 e. The highest BCUT2D eigenvalue weighted by Gasteiger charge is 2.30. The Balaban J connectivity index is 1.59. The number of rotatable bonds is 5. The Bertz CT molecular complexity index is 1310. The minimum absolute atomic E-state index is 0.217. The van der Waals surface area contributed by atoms with Crippen molar-refractivity contribution in [2.24, 2.45) is 0 Å². The third kappa shape index (κ3) is 4.54. The number of carbonyl (C=O) groups is 2. The number of amides is 1. The van der Waals surface area contributed by atoms with Crippen molar-refractivity contribution in [1.82, 2.24) is 0 Å². The maximum atomic E-state index is 13.0. The lowest BCUT2D eigenvalue weighted by atomic mass is 9.99.